The first-order chi connectivity index (χ1) is 14.0. The molecule has 4 rings (SSSR count). The van der Waals surface area contributed by atoms with E-state index in [9.17, 15) is 4.79 Å². The molecule has 0 aliphatic rings. The van der Waals surface area contributed by atoms with Crippen molar-refractivity contribution in [3.63, 3.8) is 0 Å². The van der Waals surface area contributed by atoms with Crippen molar-refractivity contribution < 1.29 is 4.42 Å². The minimum absolute atomic E-state index is 0.325. The van der Waals surface area contributed by atoms with Gasteiger partial charge in [-0.3, -0.25) is 0 Å². The minimum Gasteiger partial charge on any atom is -0.423 e. The van der Waals surface area contributed by atoms with Crippen LogP contribution in [-0.2, 0) is 5.75 Å². The van der Waals surface area contributed by atoms with E-state index in [2.05, 4.69) is 42.4 Å². The number of fused-ring (bicyclic) bond motifs is 1. The molecule has 0 unspecified atom stereocenters. The molecular weight excluding hydrogens is 402 g/mol. The van der Waals surface area contributed by atoms with Gasteiger partial charge in [0.25, 0.3) is 0 Å². The Morgan fingerprint density at radius 3 is 2.69 bits per heavy atom. The fourth-order valence-corrected chi connectivity index (χ4v) is 5.00. The van der Waals surface area contributed by atoms with Crippen molar-refractivity contribution in [3.05, 3.63) is 75.6 Å². The summed E-state index contributed by atoms with van der Waals surface area (Å²) in [5.74, 6) is 1.03. The van der Waals surface area contributed by atoms with Gasteiger partial charge in [-0.1, -0.05) is 55.1 Å². The quantitative estimate of drug-likeness (QED) is 0.298. The molecule has 0 atom stereocenters. The molecule has 0 fully saturated rings. The second-order valence-corrected chi connectivity index (χ2v) is 9.30. The van der Waals surface area contributed by atoms with Crippen LogP contribution in [0.5, 0.6) is 0 Å². The highest BCUT2D eigenvalue weighted by molar-refractivity contribution is 8.00. The summed E-state index contributed by atoms with van der Waals surface area (Å²) < 4.78 is 6.29. The number of aryl methyl sites for hydroxylation is 1. The molecule has 0 aliphatic carbocycles. The smallest absolute Gasteiger partial charge is 0.336 e. The van der Waals surface area contributed by atoms with E-state index >= 15 is 0 Å². The number of hydrogen-bond donors (Lipinski definition) is 1. The van der Waals surface area contributed by atoms with Crippen molar-refractivity contribution in [2.24, 2.45) is 0 Å². The molecule has 0 saturated carbocycles. The van der Waals surface area contributed by atoms with E-state index in [1.54, 1.807) is 17.8 Å². The standard InChI is InChI=1S/C22H21N3O2S2/c1-13(2)17-11-18-15(10-20(26)27-19(18)9-14(17)3)12-28-22-25-24-21(29-22)23-16-7-5-4-6-8-16/h4-11,13H,12H2,1-3H3,(H,23,24). The van der Waals surface area contributed by atoms with E-state index in [1.807, 2.05) is 36.4 Å². The largest absolute Gasteiger partial charge is 0.423 e. The van der Waals surface area contributed by atoms with Crippen LogP contribution in [0.2, 0.25) is 0 Å². The molecule has 7 heteroatoms. The number of nitrogens with one attached hydrogen (secondary N) is 1. The molecule has 2 aromatic heterocycles. The molecule has 29 heavy (non-hydrogen) atoms. The maximum atomic E-state index is 12.0. The summed E-state index contributed by atoms with van der Waals surface area (Å²) >= 11 is 3.07. The maximum absolute atomic E-state index is 12.0. The summed E-state index contributed by atoms with van der Waals surface area (Å²) in [5, 5.41) is 13.4. The van der Waals surface area contributed by atoms with Crippen LogP contribution >= 0.6 is 23.1 Å². The van der Waals surface area contributed by atoms with E-state index in [-0.39, 0.29) is 5.63 Å². The van der Waals surface area contributed by atoms with Crippen molar-refractivity contribution in [1.82, 2.24) is 10.2 Å². The van der Waals surface area contributed by atoms with Gasteiger partial charge in [-0.2, -0.15) is 0 Å². The average Bonchev–Trinajstić information content (AvgIpc) is 3.13. The highest BCUT2D eigenvalue weighted by Crippen LogP contribution is 2.33. The lowest BCUT2D eigenvalue weighted by molar-refractivity contribution is 0.559. The molecule has 2 heterocycles. The molecule has 1 N–H and O–H groups in total. The molecule has 0 amide bonds. The van der Waals surface area contributed by atoms with Crippen LogP contribution in [-0.4, -0.2) is 10.2 Å². The number of rotatable bonds is 6. The Morgan fingerprint density at radius 1 is 1.14 bits per heavy atom. The van der Waals surface area contributed by atoms with Gasteiger partial charge in [0.2, 0.25) is 5.13 Å². The molecule has 2 aromatic carbocycles. The van der Waals surface area contributed by atoms with E-state index in [0.717, 1.165) is 31.7 Å². The molecule has 0 saturated heterocycles. The number of para-hydroxylation sites is 1. The van der Waals surface area contributed by atoms with Crippen molar-refractivity contribution in [1.29, 1.82) is 0 Å². The predicted molar refractivity (Wildman–Crippen MR) is 121 cm³/mol. The normalized spacial score (nSPS) is 11.3. The van der Waals surface area contributed by atoms with Crippen molar-refractivity contribution in [3.8, 4) is 0 Å². The number of benzene rings is 2. The topological polar surface area (TPSA) is 68.0 Å². The Morgan fingerprint density at radius 2 is 1.93 bits per heavy atom. The average molecular weight is 424 g/mol. The second-order valence-electron chi connectivity index (χ2n) is 7.10. The van der Waals surface area contributed by atoms with Gasteiger partial charge in [-0.15, -0.1) is 10.2 Å². The number of anilines is 2. The van der Waals surface area contributed by atoms with Gasteiger partial charge >= 0.3 is 5.63 Å². The highest BCUT2D eigenvalue weighted by atomic mass is 32.2. The van der Waals surface area contributed by atoms with E-state index in [4.69, 9.17) is 4.42 Å². The number of thioether (sulfide) groups is 1. The monoisotopic (exact) mass is 423 g/mol. The third kappa shape index (κ3) is 4.52. The van der Waals surface area contributed by atoms with E-state index < -0.39 is 0 Å². The first kappa shape index (κ1) is 19.7. The van der Waals surface area contributed by atoms with Crippen molar-refractivity contribution in [2.75, 3.05) is 5.32 Å². The fourth-order valence-electron chi connectivity index (χ4n) is 3.24. The SMILES string of the molecule is Cc1cc2oc(=O)cc(CSc3nnc(Nc4ccccc4)s3)c2cc1C(C)C. The zero-order valence-corrected chi connectivity index (χ0v) is 18.1. The molecular formula is C22H21N3O2S2. The van der Waals surface area contributed by atoms with Crippen molar-refractivity contribution in [2.45, 2.75) is 36.8 Å². The zero-order chi connectivity index (χ0) is 20.4. The van der Waals surface area contributed by atoms with Crippen molar-refractivity contribution >= 4 is 44.9 Å². The number of hydrogen-bond acceptors (Lipinski definition) is 7. The number of aromatic nitrogens is 2. The molecule has 4 aromatic rings. The second kappa shape index (κ2) is 8.39. The Bertz CT molecular complexity index is 1200. The Labute approximate surface area is 177 Å². The van der Waals surface area contributed by atoms with Crippen LogP contribution < -0.4 is 10.9 Å². The van der Waals surface area contributed by atoms with Crippen LogP contribution in [0.3, 0.4) is 0 Å². The van der Waals surface area contributed by atoms with Crippen LogP contribution in [0, 0.1) is 6.92 Å². The lowest BCUT2D eigenvalue weighted by atomic mass is 9.95. The third-order valence-electron chi connectivity index (χ3n) is 4.62. The Balaban J connectivity index is 1.57. The first-order valence-electron chi connectivity index (χ1n) is 9.35. The van der Waals surface area contributed by atoms with Crippen LogP contribution in [0.4, 0.5) is 10.8 Å². The van der Waals surface area contributed by atoms with Crippen LogP contribution in [0.1, 0.15) is 36.5 Å². The lowest BCUT2D eigenvalue weighted by Crippen LogP contribution is -2.02. The Hall–Kier alpha value is -2.64. The van der Waals surface area contributed by atoms with Gasteiger partial charge < -0.3 is 9.73 Å². The predicted octanol–water partition coefficient (Wildman–Crippen LogP) is 6.11. The Kier molecular flexibility index (Phi) is 5.69. The molecule has 0 aliphatic heterocycles. The first-order valence-corrected chi connectivity index (χ1v) is 11.2. The summed E-state index contributed by atoms with van der Waals surface area (Å²) in [7, 11) is 0. The van der Waals surface area contributed by atoms with Gasteiger partial charge in [0.1, 0.15) is 5.58 Å². The van der Waals surface area contributed by atoms with E-state index in [0.29, 0.717) is 17.3 Å². The maximum Gasteiger partial charge on any atom is 0.336 e. The van der Waals surface area contributed by atoms with Gasteiger partial charge in [-0.25, -0.2) is 4.79 Å². The molecule has 0 bridgehead atoms. The zero-order valence-electron chi connectivity index (χ0n) is 16.4. The minimum atomic E-state index is -0.325. The molecule has 148 valence electrons. The van der Waals surface area contributed by atoms with E-state index in [1.165, 1.54) is 16.9 Å². The molecule has 0 radical (unpaired) electrons. The van der Waals surface area contributed by atoms with Gasteiger partial charge in [0.05, 0.1) is 0 Å². The van der Waals surface area contributed by atoms with Crippen LogP contribution in [0.25, 0.3) is 11.0 Å². The summed E-state index contributed by atoms with van der Waals surface area (Å²) in [6.07, 6.45) is 0. The third-order valence-corrected chi connectivity index (χ3v) is 6.64. The molecule has 5 nitrogen and oxygen atoms in total. The summed E-state index contributed by atoms with van der Waals surface area (Å²) in [6.45, 7) is 6.40. The summed E-state index contributed by atoms with van der Waals surface area (Å²) in [4.78, 5) is 12.0. The van der Waals surface area contributed by atoms with Crippen LogP contribution in [0.15, 0.2) is 62.1 Å². The van der Waals surface area contributed by atoms with Gasteiger partial charge in [0, 0.05) is 22.9 Å². The highest BCUT2D eigenvalue weighted by Gasteiger charge is 2.13. The summed E-state index contributed by atoms with van der Waals surface area (Å²) in [5.41, 5.74) is 4.65. The lowest BCUT2D eigenvalue weighted by Gasteiger charge is -2.12. The molecule has 0 spiro atoms. The number of nitrogens with zero attached hydrogens (tertiary/aromatic N) is 2. The van der Waals surface area contributed by atoms with Gasteiger partial charge in [0.15, 0.2) is 4.34 Å². The fraction of sp³-hybridized carbons (Fsp3) is 0.227. The van der Waals surface area contributed by atoms with Gasteiger partial charge in [-0.05, 0) is 53.8 Å². The summed E-state index contributed by atoms with van der Waals surface area (Å²) in [6, 6.07) is 15.6.